The molecule has 0 bridgehead atoms. The second-order valence-corrected chi connectivity index (χ2v) is 11.3. The number of imide groups is 1. The van der Waals surface area contributed by atoms with E-state index in [2.05, 4.69) is 4.74 Å². The Labute approximate surface area is 269 Å². The maximum absolute atomic E-state index is 13.6. The van der Waals surface area contributed by atoms with Crippen molar-refractivity contribution < 1.29 is 42.5 Å². The summed E-state index contributed by atoms with van der Waals surface area (Å²) in [7, 11) is 0. The Morgan fingerprint density at radius 1 is 1.09 bits per heavy atom. The van der Waals surface area contributed by atoms with Crippen LogP contribution >= 0.6 is 23.2 Å². The summed E-state index contributed by atoms with van der Waals surface area (Å²) < 4.78 is 42.8. The number of fused-ring (bicyclic) bond motifs is 1. The summed E-state index contributed by atoms with van der Waals surface area (Å²) in [4.78, 5) is 40.6. The summed E-state index contributed by atoms with van der Waals surface area (Å²) >= 11 is 13.1. The van der Waals surface area contributed by atoms with Crippen molar-refractivity contribution in [2.24, 2.45) is 5.92 Å². The number of hydrogen-bond acceptors (Lipinski definition) is 7. The average molecular weight is 664 g/mol. The molecule has 0 spiro atoms. The molecule has 0 aromatic heterocycles. The number of benzene rings is 2. The Morgan fingerprint density at radius 2 is 1.76 bits per heavy atom. The van der Waals surface area contributed by atoms with Crippen LogP contribution < -0.4 is 14.6 Å². The van der Waals surface area contributed by atoms with Crippen molar-refractivity contribution in [3.05, 3.63) is 93.0 Å². The number of halogens is 4. The summed E-state index contributed by atoms with van der Waals surface area (Å²) in [6.07, 6.45) is 5.59. The molecular formula is C33H32Cl2F2NO7-. The van der Waals surface area contributed by atoms with Gasteiger partial charge in [0, 0.05) is 16.5 Å². The smallest absolute Gasteiger partial charge is 0.387 e. The van der Waals surface area contributed by atoms with E-state index in [1.807, 2.05) is 0 Å². The standard InChI is InChI=1S/C33H32Cl2F2NO7/c1-3-25(34)24(26(35)10-6-7-15-39)17-28(21-13-14-27(45-33(36)37)29(16-21)43-18-20-11-12-20)44-32(42)19(2)38-30(40)22-8-4-5-9-23(22)31(38)41/h3-6,8-10,13-14,16,19-20,28,33H,7,11-12,15,17-18H2,1-2H3/q-1/b10-6+,25-3+,26-24+/t19?,28-/m0/s1. The Balaban J connectivity index is 1.70. The van der Waals surface area contributed by atoms with Crippen molar-refractivity contribution in [2.75, 3.05) is 13.2 Å². The quantitative estimate of drug-likeness (QED) is 0.119. The highest BCUT2D eigenvalue weighted by Crippen LogP contribution is 2.39. The molecule has 0 saturated heterocycles. The zero-order chi connectivity index (χ0) is 32.7. The van der Waals surface area contributed by atoms with Gasteiger partial charge in [-0.05, 0) is 74.1 Å². The number of hydrogen-bond donors (Lipinski definition) is 0. The van der Waals surface area contributed by atoms with Gasteiger partial charge < -0.3 is 19.3 Å². The first-order valence-corrected chi connectivity index (χ1v) is 15.2. The lowest BCUT2D eigenvalue weighted by Gasteiger charge is -2.26. The van der Waals surface area contributed by atoms with Gasteiger partial charge in [0.25, 0.3) is 11.8 Å². The maximum atomic E-state index is 13.6. The maximum Gasteiger partial charge on any atom is 0.387 e. The molecule has 4 rings (SSSR count). The largest absolute Gasteiger partial charge is 0.854 e. The minimum atomic E-state index is -3.10. The first-order chi connectivity index (χ1) is 21.5. The number of esters is 1. The van der Waals surface area contributed by atoms with Crippen molar-refractivity contribution in [1.29, 1.82) is 0 Å². The summed E-state index contributed by atoms with van der Waals surface area (Å²) in [5.74, 6) is -2.05. The molecule has 2 aliphatic rings. The van der Waals surface area contributed by atoms with Gasteiger partial charge in [0.1, 0.15) is 12.1 Å². The SMILES string of the molecule is C\C=C(Cl)/C(C[C@H](OC(=O)C(C)N1C(=O)c2ccccc2C1=O)c1ccc(OC(F)F)c(OCC2CC2)c1)=C(Cl)\C=C\CC[O-]. The van der Waals surface area contributed by atoms with Crippen LogP contribution in [-0.4, -0.2) is 48.6 Å². The van der Waals surface area contributed by atoms with Crippen LogP contribution in [0.15, 0.2) is 76.3 Å². The molecule has 1 heterocycles. The number of nitrogens with zero attached hydrogens (tertiary/aromatic N) is 1. The summed E-state index contributed by atoms with van der Waals surface area (Å²) in [5.41, 5.74) is 1.04. The molecule has 1 saturated carbocycles. The second-order valence-electron chi connectivity index (χ2n) is 10.5. The lowest BCUT2D eigenvalue weighted by molar-refractivity contribution is -0.366. The molecule has 1 aliphatic heterocycles. The van der Waals surface area contributed by atoms with Crippen molar-refractivity contribution in [3.63, 3.8) is 0 Å². The van der Waals surface area contributed by atoms with E-state index >= 15 is 0 Å². The van der Waals surface area contributed by atoms with Crippen LogP contribution in [0.25, 0.3) is 0 Å². The van der Waals surface area contributed by atoms with E-state index < -0.39 is 36.5 Å². The Bertz CT molecular complexity index is 1490. The fourth-order valence-corrected chi connectivity index (χ4v) is 5.17. The molecule has 1 aliphatic carbocycles. The third-order valence-electron chi connectivity index (χ3n) is 7.31. The van der Waals surface area contributed by atoms with Crippen LogP contribution in [-0.2, 0) is 9.53 Å². The third-order valence-corrected chi connectivity index (χ3v) is 8.11. The Morgan fingerprint density at radius 3 is 2.33 bits per heavy atom. The summed E-state index contributed by atoms with van der Waals surface area (Å²) in [6.45, 7) is -0.106. The molecule has 0 radical (unpaired) electrons. The topological polar surface area (TPSA) is 105 Å². The highest BCUT2D eigenvalue weighted by atomic mass is 35.5. The van der Waals surface area contributed by atoms with Gasteiger partial charge in [-0.2, -0.15) is 8.78 Å². The van der Waals surface area contributed by atoms with Crippen LogP contribution in [0.5, 0.6) is 11.5 Å². The lowest BCUT2D eigenvalue weighted by atomic mass is 9.99. The molecule has 1 fully saturated rings. The molecule has 2 aromatic rings. The highest BCUT2D eigenvalue weighted by molar-refractivity contribution is 6.36. The van der Waals surface area contributed by atoms with E-state index in [-0.39, 0.29) is 58.7 Å². The molecule has 12 heteroatoms. The van der Waals surface area contributed by atoms with Gasteiger partial charge >= 0.3 is 12.6 Å². The monoisotopic (exact) mass is 662 g/mol. The van der Waals surface area contributed by atoms with Gasteiger partial charge in [-0.3, -0.25) is 14.5 Å². The first-order valence-electron chi connectivity index (χ1n) is 14.4. The number of ether oxygens (including phenoxy) is 3. The van der Waals surface area contributed by atoms with Gasteiger partial charge in [-0.15, -0.1) is 6.61 Å². The van der Waals surface area contributed by atoms with Crippen LogP contribution in [0.4, 0.5) is 8.78 Å². The Kier molecular flexibility index (Phi) is 11.8. The van der Waals surface area contributed by atoms with Crippen LogP contribution in [0.2, 0.25) is 0 Å². The minimum absolute atomic E-state index is 0.0262. The number of amides is 2. The van der Waals surface area contributed by atoms with Crippen LogP contribution in [0.3, 0.4) is 0 Å². The fraction of sp³-hybridized carbons (Fsp3) is 0.364. The van der Waals surface area contributed by atoms with Crippen molar-refractivity contribution in [1.82, 2.24) is 4.90 Å². The molecule has 0 N–H and O–H groups in total. The van der Waals surface area contributed by atoms with Gasteiger partial charge in [0.15, 0.2) is 11.5 Å². The van der Waals surface area contributed by atoms with E-state index in [1.54, 1.807) is 31.2 Å². The van der Waals surface area contributed by atoms with Crippen molar-refractivity contribution >= 4 is 41.0 Å². The van der Waals surface area contributed by atoms with Gasteiger partial charge in [0.05, 0.1) is 17.7 Å². The average Bonchev–Trinajstić information content (AvgIpc) is 3.82. The van der Waals surface area contributed by atoms with E-state index in [0.29, 0.717) is 17.1 Å². The Hall–Kier alpha value is -3.73. The van der Waals surface area contributed by atoms with Crippen LogP contribution in [0.1, 0.15) is 71.9 Å². The van der Waals surface area contributed by atoms with E-state index in [1.165, 1.54) is 43.3 Å². The molecule has 2 aromatic carbocycles. The van der Waals surface area contributed by atoms with Crippen molar-refractivity contribution in [3.8, 4) is 11.5 Å². The number of allylic oxidation sites excluding steroid dienone is 4. The molecule has 1 unspecified atom stereocenters. The van der Waals surface area contributed by atoms with Crippen LogP contribution in [0, 0.1) is 5.92 Å². The number of rotatable bonds is 15. The van der Waals surface area contributed by atoms with E-state index in [4.69, 9.17) is 32.7 Å². The second kappa shape index (κ2) is 15.5. The number of carbonyl (C=O) groups is 3. The molecular weight excluding hydrogens is 631 g/mol. The lowest BCUT2D eigenvalue weighted by Crippen LogP contribution is -2.44. The van der Waals surface area contributed by atoms with E-state index in [0.717, 1.165) is 17.7 Å². The molecule has 8 nitrogen and oxygen atoms in total. The van der Waals surface area contributed by atoms with Gasteiger partial charge in [-0.1, -0.05) is 60.0 Å². The van der Waals surface area contributed by atoms with Crippen molar-refractivity contribution in [2.45, 2.75) is 58.3 Å². The molecule has 240 valence electrons. The van der Waals surface area contributed by atoms with Gasteiger partial charge in [-0.25, -0.2) is 4.79 Å². The third kappa shape index (κ3) is 8.51. The molecule has 2 atom stereocenters. The predicted molar refractivity (Wildman–Crippen MR) is 162 cm³/mol. The number of carbonyl (C=O) groups excluding carboxylic acids is 3. The summed E-state index contributed by atoms with van der Waals surface area (Å²) in [6, 6.07) is 9.08. The predicted octanol–water partition coefficient (Wildman–Crippen LogP) is 6.68. The normalized spacial score (nSPS) is 17.0. The zero-order valence-corrected chi connectivity index (χ0v) is 26.2. The van der Waals surface area contributed by atoms with Gasteiger partial charge in [0.2, 0.25) is 0 Å². The fourth-order valence-electron chi connectivity index (χ4n) is 4.68. The highest BCUT2D eigenvalue weighted by Gasteiger charge is 2.42. The number of alkyl halides is 2. The zero-order valence-electron chi connectivity index (χ0n) is 24.6. The molecule has 45 heavy (non-hydrogen) atoms. The first kappa shape index (κ1) is 34.1. The minimum Gasteiger partial charge on any atom is -0.854 e. The molecule has 2 amide bonds. The van der Waals surface area contributed by atoms with E-state index in [9.17, 15) is 28.3 Å². The summed E-state index contributed by atoms with van der Waals surface area (Å²) in [5, 5.41) is 11.4.